The number of methoxy groups -OCH3 is 1. The first kappa shape index (κ1) is 18.2. The van der Waals surface area contributed by atoms with Gasteiger partial charge < -0.3 is 9.84 Å². The van der Waals surface area contributed by atoms with Crippen molar-refractivity contribution in [2.24, 2.45) is 0 Å². The minimum absolute atomic E-state index is 0.308. The lowest BCUT2D eigenvalue weighted by Crippen LogP contribution is -1.99. The minimum atomic E-state index is -0.308. The third-order valence-electron chi connectivity index (χ3n) is 4.04. The highest BCUT2D eigenvalue weighted by Gasteiger charge is 2.07. The predicted octanol–water partition coefficient (Wildman–Crippen LogP) is 5.05. The van der Waals surface area contributed by atoms with E-state index in [9.17, 15) is 5.11 Å². The summed E-state index contributed by atoms with van der Waals surface area (Å²) in [4.78, 5) is 0. The van der Waals surface area contributed by atoms with Gasteiger partial charge in [-0.25, -0.2) is 0 Å². The summed E-state index contributed by atoms with van der Waals surface area (Å²) in [5, 5.41) is 10.2. The second-order valence-corrected chi connectivity index (χ2v) is 5.91. The van der Waals surface area contributed by atoms with Crippen LogP contribution in [0, 0.1) is 0 Å². The minimum Gasteiger partial charge on any atom is -0.388 e. The Bertz CT molecular complexity index is 345. The van der Waals surface area contributed by atoms with Crippen LogP contribution < -0.4 is 0 Å². The van der Waals surface area contributed by atoms with Gasteiger partial charge in [0.15, 0.2) is 0 Å². The molecule has 1 unspecified atom stereocenters. The molecule has 0 aliphatic heterocycles. The molecule has 0 amide bonds. The van der Waals surface area contributed by atoms with E-state index in [1.165, 1.54) is 44.1 Å². The molecule has 0 saturated carbocycles. The van der Waals surface area contributed by atoms with Crippen LogP contribution in [0.25, 0.3) is 0 Å². The fourth-order valence-electron chi connectivity index (χ4n) is 2.59. The average molecular weight is 292 g/mol. The topological polar surface area (TPSA) is 29.5 Å². The van der Waals surface area contributed by atoms with Gasteiger partial charge in [0.25, 0.3) is 0 Å². The SMILES string of the molecule is CCCCCCCCCC(O)c1ccc(CCOC)cc1. The molecule has 0 bridgehead atoms. The van der Waals surface area contributed by atoms with Gasteiger partial charge in [0.2, 0.25) is 0 Å². The number of benzene rings is 1. The van der Waals surface area contributed by atoms with E-state index >= 15 is 0 Å². The number of aliphatic hydroxyl groups is 1. The predicted molar refractivity (Wildman–Crippen MR) is 89.6 cm³/mol. The van der Waals surface area contributed by atoms with Crippen molar-refractivity contribution in [1.82, 2.24) is 0 Å². The van der Waals surface area contributed by atoms with E-state index in [-0.39, 0.29) is 6.10 Å². The first-order valence-corrected chi connectivity index (χ1v) is 8.53. The quantitative estimate of drug-likeness (QED) is 0.546. The van der Waals surface area contributed by atoms with Crippen LogP contribution in [0.4, 0.5) is 0 Å². The molecule has 2 nitrogen and oxygen atoms in total. The van der Waals surface area contributed by atoms with Crippen LogP contribution in [-0.4, -0.2) is 18.8 Å². The van der Waals surface area contributed by atoms with E-state index in [1.807, 2.05) is 0 Å². The van der Waals surface area contributed by atoms with Gasteiger partial charge >= 0.3 is 0 Å². The van der Waals surface area contributed by atoms with Gasteiger partial charge in [-0.15, -0.1) is 0 Å². The average Bonchev–Trinajstić information content (AvgIpc) is 2.52. The molecule has 21 heavy (non-hydrogen) atoms. The van der Waals surface area contributed by atoms with Crippen molar-refractivity contribution in [3.8, 4) is 0 Å². The van der Waals surface area contributed by atoms with Gasteiger partial charge in [-0.3, -0.25) is 0 Å². The fourth-order valence-corrected chi connectivity index (χ4v) is 2.59. The molecular formula is C19H32O2. The second kappa shape index (κ2) is 11.8. The number of unbranched alkanes of at least 4 members (excludes halogenated alkanes) is 6. The number of aliphatic hydroxyl groups excluding tert-OH is 1. The monoisotopic (exact) mass is 292 g/mol. The number of ether oxygens (including phenoxy) is 1. The van der Waals surface area contributed by atoms with E-state index < -0.39 is 0 Å². The molecule has 2 heteroatoms. The molecule has 1 atom stereocenters. The first-order chi connectivity index (χ1) is 10.3. The van der Waals surface area contributed by atoms with E-state index in [0.29, 0.717) is 0 Å². The second-order valence-electron chi connectivity index (χ2n) is 5.91. The van der Waals surface area contributed by atoms with Crippen LogP contribution in [0.15, 0.2) is 24.3 Å². The zero-order chi connectivity index (χ0) is 15.3. The van der Waals surface area contributed by atoms with Crippen LogP contribution in [0.3, 0.4) is 0 Å². The Morgan fingerprint density at radius 3 is 2.19 bits per heavy atom. The van der Waals surface area contributed by atoms with Crippen LogP contribution in [0.5, 0.6) is 0 Å². The molecule has 0 aromatic heterocycles. The third-order valence-corrected chi connectivity index (χ3v) is 4.04. The van der Waals surface area contributed by atoms with Crippen molar-refractivity contribution in [2.45, 2.75) is 70.8 Å². The Labute approximate surface area is 130 Å². The molecule has 1 N–H and O–H groups in total. The van der Waals surface area contributed by atoms with E-state index in [2.05, 4.69) is 31.2 Å². The summed E-state index contributed by atoms with van der Waals surface area (Å²) in [7, 11) is 1.72. The van der Waals surface area contributed by atoms with E-state index in [4.69, 9.17) is 4.74 Å². The summed E-state index contributed by atoms with van der Waals surface area (Å²) in [6.07, 6.45) is 10.6. The molecule has 120 valence electrons. The first-order valence-electron chi connectivity index (χ1n) is 8.53. The lowest BCUT2D eigenvalue weighted by Gasteiger charge is -2.11. The summed E-state index contributed by atoms with van der Waals surface area (Å²) in [6.45, 7) is 3.00. The van der Waals surface area contributed by atoms with Crippen molar-refractivity contribution in [1.29, 1.82) is 0 Å². The van der Waals surface area contributed by atoms with Crippen molar-refractivity contribution in [2.75, 3.05) is 13.7 Å². The normalized spacial score (nSPS) is 12.5. The Morgan fingerprint density at radius 2 is 1.57 bits per heavy atom. The highest BCUT2D eigenvalue weighted by atomic mass is 16.5. The maximum atomic E-state index is 10.2. The Hall–Kier alpha value is -0.860. The zero-order valence-corrected chi connectivity index (χ0v) is 13.8. The number of rotatable bonds is 12. The molecule has 0 fully saturated rings. The van der Waals surface area contributed by atoms with Crippen LogP contribution in [-0.2, 0) is 11.2 Å². The molecule has 0 radical (unpaired) electrons. The standard InChI is InChI=1S/C19H32O2/c1-3-4-5-6-7-8-9-10-19(20)18-13-11-17(12-14-18)15-16-21-2/h11-14,19-20H,3-10,15-16H2,1-2H3. The number of hydrogen-bond acceptors (Lipinski definition) is 2. The van der Waals surface area contributed by atoms with Crippen molar-refractivity contribution >= 4 is 0 Å². The lowest BCUT2D eigenvalue weighted by atomic mass is 10.0. The lowest BCUT2D eigenvalue weighted by molar-refractivity contribution is 0.163. The number of hydrogen-bond donors (Lipinski definition) is 1. The molecule has 0 heterocycles. The van der Waals surface area contributed by atoms with Crippen LogP contribution in [0.1, 0.15) is 75.5 Å². The maximum absolute atomic E-state index is 10.2. The molecule has 1 aromatic rings. The molecule has 1 aromatic carbocycles. The van der Waals surface area contributed by atoms with Gasteiger partial charge in [-0.1, -0.05) is 76.1 Å². The fraction of sp³-hybridized carbons (Fsp3) is 0.684. The summed E-state index contributed by atoms with van der Waals surface area (Å²) in [5.41, 5.74) is 2.31. The van der Waals surface area contributed by atoms with Crippen molar-refractivity contribution in [3.63, 3.8) is 0 Å². The van der Waals surface area contributed by atoms with Gasteiger partial charge in [-0.2, -0.15) is 0 Å². The van der Waals surface area contributed by atoms with Gasteiger partial charge in [0.1, 0.15) is 0 Å². The van der Waals surface area contributed by atoms with Crippen LogP contribution >= 0.6 is 0 Å². The van der Waals surface area contributed by atoms with E-state index in [1.54, 1.807) is 7.11 Å². The Morgan fingerprint density at radius 1 is 0.952 bits per heavy atom. The van der Waals surface area contributed by atoms with Gasteiger partial charge in [-0.05, 0) is 24.0 Å². The molecule has 0 spiro atoms. The summed E-state index contributed by atoms with van der Waals surface area (Å²) in [6, 6.07) is 8.30. The Balaban J connectivity index is 2.17. The molecule has 0 aliphatic rings. The highest BCUT2D eigenvalue weighted by Crippen LogP contribution is 2.21. The van der Waals surface area contributed by atoms with Crippen LogP contribution in [0.2, 0.25) is 0 Å². The summed E-state index contributed by atoms with van der Waals surface area (Å²) < 4.78 is 5.07. The summed E-state index contributed by atoms with van der Waals surface area (Å²) in [5.74, 6) is 0. The van der Waals surface area contributed by atoms with Gasteiger partial charge in [0.05, 0.1) is 12.7 Å². The highest BCUT2D eigenvalue weighted by molar-refractivity contribution is 5.24. The largest absolute Gasteiger partial charge is 0.388 e. The molecule has 0 saturated heterocycles. The van der Waals surface area contributed by atoms with E-state index in [0.717, 1.165) is 31.4 Å². The molecule has 1 rings (SSSR count). The third kappa shape index (κ3) is 8.23. The maximum Gasteiger partial charge on any atom is 0.0790 e. The zero-order valence-electron chi connectivity index (χ0n) is 13.8. The molecular weight excluding hydrogens is 260 g/mol. The van der Waals surface area contributed by atoms with Crippen molar-refractivity contribution in [3.05, 3.63) is 35.4 Å². The smallest absolute Gasteiger partial charge is 0.0790 e. The van der Waals surface area contributed by atoms with Crippen molar-refractivity contribution < 1.29 is 9.84 Å². The Kier molecular flexibility index (Phi) is 10.2. The van der Waals surface area contributed by atoms with Gasteiger partial charge in [0, 0.05) is 7.11 Å². The molecule has 0 aliphatic carbocycles. The summed E-state index contributed by atoms with van der Waals surface area (Å²) >= 11 is 0.